The van der Waals surface area contributed by atoms with Gasteiger partial charge < -0.3 is 10.3 Å². The van der Waals surface area contributed by atoms with Crippen molar-refractivity contribution in [3.05, 3.63) is 124 Å². The van der Waals surface area contributed by atoms with Crippen molar-refractivity contribution >= 4 is 5.91 Å². The SMILES string of the molecule is O=C(NC(c1ccccc1)c1ccc(-c2ccccn2)cc1)c1ccc(C(F)(F)F)[nH]c1=O. The van der Waals surface area contributed by atoms with E-state index in [2.05, 4.69) is 10.3 Å². The van der Waals surface area contributed by atoms with Gasteiger partial charge in [-0.2, -0.15) is 13.2 Å². The Morgan fingerprint density at radius 2 is 1.52 bits per heavy atom. The predicted molar refractivity (Wildman–Crippen MR) is 117 cm³/mol. The monoisotopic (exact) mass is 449 g/mol. The van der Waals surface area contributed by atoms with Gasteiger partial charge in [0.1, 0.15) is 11.3 Å². The Morgan fingerprint density at radius 3 is 2.12 bits per heavy atom. The number of pyridine rings is 2. The standard InChI is InChI=1S/C25H18F3N3O2/c26-25(27,28)21-14-13-19(23(32)30-21)24(33)31-22(17-6-2-1-3-7-17)18-11-9-16(10-12-18)20-8-4-5-15-29-20/h1-15,22H,(H,30,32)(H,31,33). The third-order valence-electron chi connectivity index (χ3n) is 5.07. The molecule has 0 saturated heterocycles. The summed E-state index contributed by atoms with van der Waals surface area (Å²) in [4.78, 5) is 31.1. The lowest BCUT2D eigenvalue weighted by atomic mass is 9.96. The van der Waals surface area contributed by atoms with Crippen LogP contribution in [0.1, 0.15) is 33.2 Å². The van der Waals surface area contributed by atoms with Gasteiger partial charge in [0.05, 0.1) is 11.7 Å². The van der Waals surface area contributed by atoms with Gasteiger partial charge in [-0.3, -0.25) is 14.6 Å². The summed E-state index contributed by atoms with van der Waals surface area (Å²) in [5.41, 5.74) is 0.428. The van der Waals surface area contributed by atoms with Crippen LogP contribution in [-0.2, 0) is 6.18 Å². The number of carbonyl (C=O) groups is 1. The predicted octanol–water partition coefficient (Wildman–Crippen LogP) is 4.98. The number of nitrogens with one attached hydrogen (secondary N) is 2. The molecule has 0 saturated carbocycles. The Morgan fingerprint density at radius 1 is 0.848 bits per heavy atom. The molecule has 1 amide bonds. The first-order valence-corrected chi connectivity index (χ1v) is 10.0. The molecular formula is C25H18F3N3O2. The van der Waals surface area contributed by atoms with Crippen LogP contribution >= 0.6 is 0 Å². The molecule has 0 bridgehead atoms. The second-order valence-electron chi connectivity index (χ2n) is 7.27. The molecule has 2 aromatic heterocycles. The van der Waals surface area contributed by atoms with Crippen LogP contribution in [0.15, 0.2) is 95.9 Å². The van der Waals surface area contributed by atoms with Gasteiger partial charge in [0, 0.05) is 11.8 Å². The first-order chi connectivity index (χ1) is 15.8. The average Bonchev–Trinajstić information content (AvgIpc) is 2.83. The van der Waals surface area contributed by atoms with Crippen molar-refractivity contribution in [3.63, 3.8) is 0 Å². The molecule has 0 fully saturated rings. The zero-order valence-electron chi connectivity index (χ0n) is 17.1. The van der Waals surface area contributed by atoms with Gasteiger partial charge in [-0.15, -0.1) is 0 Å². The first-order valence-electron chi connectivity index (χ1n) is 10.0. The number of H-pyrrole nitrogens is 1. The lowest BCUT2D eigenvalue weighted by Crippen LogP contribution is -2.34. The third-order valence-corrected chi connectivity index (χ3v) is 5.07. The van der Waals surface area contributed by atoms with E-state index in [0.717, 1.165) is 28.5 Å². The zero-order valence-corrected chi connectivity index (χ0v) is 17.1. The summed E-state index contributed by atoms with van der Waals surface area (Å²) in [6, 6.07) is 23.0. The maximum absolute atomic E-state index is 12.8. The van der Waals surface area contributed by atoms with Gasteiger partial charge in [0.25, 0.3) is 11.5 Å². The van der Waals surface area contributed by atoms with E-state index < -0.39 is 34.9 Å². The molecule has 0 radical (unpaired) electrons. The molecule has 4 aromatic rings. The van der Waals surface area contributed by atoms with Crippen LogP contribution in [0.5, 0.6) is 0 Å². The lowest BCUT2D eigenvalue weighted by Gasteiger charge is -2.20. The van der Waals surface area contributed by atoms with Crippen LogP contribution in [0.4, 0.5) is 13.2 Å². The number of benzene rings is 2. The number of aromatic amines is 1. The van der Waals surface area contributed by atoms with Crippen molar-refractivity contribution in [3.8, 4) is 11.3 Å². The van der Waals surface area contributed by atoms with Crippen LogP contribution < -0.4 is 10.9 Å². The number of carbonyl (C=O) groups excluding carboxylic acids is 1. The summed E-state index contributed by atoms with van der Waals surface area (Å²) < 4.78 is 38.5. The van der Waals surface area contributed by atoms with E-state index >= 15 is 0 Å². The van der Waals surface area contributed by atoms with E-state index in [0.29, 0.717) is 6.07 Å². The van der Waals surface area contributed by atoms with E-state index in [1.54, 1.807) is 11.2 Å². The van der Waals surface area contributed by atoms with Crippen LogP contribution in [0.2, 0.25) is 0 Å². The molecule has 1 atom stereocenters. The number of alkyl halides is 3. The lowest BCUT2D eigenvalue weighted by molar-refractivity contribution is -0.141. The summed E-state index contributed by atoms with van der Waals surface area (Å²) in [7, 11) is 0. The zero-order chi connectivity index (χ0) is 23.4. The summed E-state index contributed by atoms with van der Waals surface area (Å²) in [6.45, 7) is 0. The second kappa shape index (κ2) is 9.12. The number of halogens is 3. The molecule has 4 rings (SSSR count). The number of hydrogen-bond acceptors (Lipinski definition) is 3. The largest absolute Gasteiger partial charge is 0.431 e. The average molecular weight is 449 g/mol. The Kier molecular flexibility index (Phi) is 6.08. The quantitative estimate of drug-likeness (QED) is 0.452. The molecule has 0 aliphatic carbocycles. The summed E-state index contributed by atoms with van der Waals surface area (Å²) in [5.74, 6) is -0.785. The molecule has 1 unspecified atom stereocenters. The second-order valence-corrected chi connectivity index (χ2v) is 7.27. The van der Waals surface area contributed by atoms with E-state index in [4.69, 9.17) is 0 Å². The maximum atomic E-state index is 12.8. The topological polar surface area (TPSA) is 74.8 Å². The minimum absolute atomic E-state index is 0.408. The fourth-order valence-electron chi connectivity index (χ4n) is 3.41. The van der Waals surface area contributed by atoms with Crippen LogP contribution in [0, 0.1) is 0 Å². The highest BCUT2D eigenvalue weighted by Gasteiger charge is 2.32. The molecule has 5 nitrogen and oxygen atoms in total. The summed E-state index contributed by atoms with van der Waals surface area (Å²) in [6.07, 6.45) is -3.02. The highest BCUT2D eigenvalue weighted by molar-refractivity contribution is 5.94. The van der Waals surface area contributed by atoms with Crippen molar-refractivity contribution in [2.24, 2.45) is 0 Å². The van der Waals surface area contributed by atoms with E-state index in [-0.39, 0.29) is 0 Å². The van der Waals surface area contributed by atoms with Crippen molar-refractivity contribution in [1.82, 2.24) is 15.3 Å². The molecule has 2 N–H and O–H groups in total. The Balaban J connectivity index is 1.65. The Hall–Kier alpha value is -4.20. The maximum Gasteiger partial charge on any atom is 0.431 e. The number of amides is 1. The van der Waals surface area contributed by atoms with E-state index in [1.165, 1.54) is 0 Å². The highest BCUT2D eigenvalue weighted by Crippen LogP contribution is 2.27. The molecule has 8 heteroatoms. The van der Waals surface area contributed by atoms with Crippen LogP contribution in [-0.4, -0.2) is 15.9 Å². The molecular weight excluding hydrogens is 431 g/mol. The Labute approximate surface area is 187 Å². The number of aromatic nitrogens is 2. The van der Waals surface area contributed by atoms with Gasteiger partial charge >= 0.3 is 6.18 Å². The van der Waals surface area contributed by atoms with Gasteiger partial charge in [0.15, 0.2) is 0 Å². The number of rotatable bonds is 5. The highest BCUT2D eigenvalue weighted by atomic mass is 19.4. The minimum Gasteiger partial charge on any atom is -0.341 e. The van der Waals surface area contributed by atoms with Gasteiger partial charge in [-0.25, -0.2) is 0 Å². The molecule has 0 spiro atoms. The van der Waals surface area contributed by atoms with Crippen LogP contribution in [0.3, 0.4) is 0 Å². The van der Waals surface area contributed by atoms with E-state index in [9.17, 15) is 22.8 Å². The third kappa shape index (κ3) is 5.01. The fourth-order valence-corrected chi connectivity index (χ4v) is 3.41. The minimum atomic E-state index is -4.71. The number of hydrogen-bond donors (Lipinski definition) is 2. The first kappa shape index (κ1) is 22.0. The van der Waals surface area contributed by atoms with Gasteiger partial charge in [-0.05, 0) is 35.4 Å². The molecule has 33 heavy (non-hydrogen) atoms. The molecule has 0 aliphatic heterocycles. The van der Waals surface area contributed by atoms with Gasteiger partial charge in [0.2, 0.25) is 0 Å². The van der Waals surface area contributed by atoms with Gasteiger partial charge in [-0.1, -0.05) is 60.7 Å². The molecule has 2 heterocycles. The fraction of sp³-hybridized carbons (Fsp3) is 0.0800. The van der Waals surface area contributed by atoms with Crippen molar-refractivity contribution in [2.75, 3.05) is 0 Å². The summed E-state index contributed by atoms with van der Waals surface area (Å²) >= 11 is 0. The van der Waals surface area contributed by atoms with E-state index in [1.807, 2.05) is 72.8 Å². The molecule has 166 valence electrons. The summed E-state index contributed by atoms with van der Waals surface area (Å²) in [5, 5.41) is 2.77. The molecule has 0 aliphatic rings. The van der Waals surface area contributed by atoms with Crippen molar-refractivity contribution in [1.29, 1.82) is 0 Å². The Bertz CT molecular complexity index is 1300. The normalized spacial score (nSPS) is 12.2. The van der Waals surface area contributed by atoms with Crippen molar-refractivity contribution < 1.29 is 18.0 Å². The molecule has 2 aromatic carbocycles. The smallest absolute Gasteiger partial charge is 0.341 e. The van der Waals surface area contributed by atoms with Crippen LogP contribution in [0.25, 0.3) is 11.3 Å². The number of nitrogens with zero attached hydrogens (tertiary/aromatic N) is 1. The van der Waals surface area contributed by atoms with Crippen molar-refractivity contribution in [2.45, 2.75) is 12.2 Å².